The fourth-order valence-corrected chi connectivity index (χ4v) is 2.25. The van der Waals surface area contributed by atoms with Gasteiger partial charge in [-0.15, -0.1) is 0 Å². The van der Waals surface area contributed by atoms with Crippen LogP contribution >= 0.6 is 11.6 Å². The van der Waals surface area contributed by atoms with Gasteiger partial charge in [-0.05, 0) is 24.3 Å². The van der Waals surface area contributed by atoms with Gasteiger partial charge in [0, 0.05) is 31.9 Å². The second-order valence-electron chi connectivity index (χ2n) is 5.49. The Balaban J connectivity index is 1.95. The summed E-state index contributed by atoms with van der Waals surface area (Å²) in [6, 6.07) is 10.4. The van der Waals surface area contributed by atoms with Gasteiger partial charge in [-0.1, -0.05) is 17.7 Å². The van der Waals surface area contributed by atoms with Crippen LogP contribution in [-0.2, 0) is 9.53 Å². The molecule has 0 atom stereocenters. The van der Waals surface area contributed by atoms with E-state index in [1.54, 1.807) is 18.2 Å². The number of ether oxygens (including phenoxy) is 1. The van der Waals surface area contributed by atoms with Crippen molar-refractivity contribution in [1.29, 1.82) is 0 Å². The third-order valence-corrected chi connectivity index (χ3v) is 3.68. The highest BCUT2D eigenvalue weighted by Gasteiger charge is 2.14. The molecule has 0 aliphatic carbocycles. The van der Waals surface area contributed by atoms with Gasteiger partial charge in [-0.25, -0.2) is 4.79 Å². The molecule has 8 nitrogen and oxygen atoms in total. The molecule has 0 bridgehead atoms. The molecule has 0 saturated heterocycles. The monoisotopic (exact) mass is 377 g/mol. The number of hydrogen-bond acceptors (Lipinski definition) is 6. The Morgan fingerprint density at radius 1 is 1.23 bits per heavy atom. The Labute approximate surface area is 154 Å². The van der Waals surface area contributed by atoms with Crippen LogP contribution in [0, 0.1) is 10.1 Å². The van der Waals surface area contributed by atoms with Gasteiger partial charge in [0.05, 0.1) is 21.2 Å². The van der Waals surface area contributed by atoms with E-state index in [9.17, 15) is 19.7 Å². The SMILES string of the molecule is CN(C)c1cccc(C(=O)OCC(=O)Nc2ccc([N+](=O)[O-])cc2Cl)c1. The van der Waals surface area contributed by atoms with Gasteiger partial charge in [-0.2, -0.15) is 0 Å². The molecule has 0 spiro atoms. The molecule has 0 heterocycles. The second kappa shape index (κ2) is 8.30. The highest BCUT2D eigenvalue weighted by molar-refractivity contribution is 6.34. The van der Waals surface area contributed by atoms with Crippen molar-refractivity contribution in [3.8, 4) is 0 Å². The number of carbonyl (C=O) groups excluding carboxylic acids is 2. The predicted molar refractivity (Wildman–Crippen MR) is 97.8 cm³/mol. The van der Waals surface area contributed by atoms with Gasteiger partial charge in [0.15, 0.2) is 6.61 Å². The number of nitro groups is 1. The summed E-state index contributed by atoms with van der Waals surface area (Å²) in [7, 11) is 3.68. The van der Waals surface area contributed by atoms with Crippen LogP contribution < -0.4 is 10.2 Å². The van der Waals surface area contributed by atoms with Crippen molar-refractivity contribution in [1.82, 2.24) is 0 Å². The summed E-state index contributed by atoms with van der Waals surface area (Å²) in [5, 5.41) is 13.1. The van der Waals surface area contributed by atoms with Crippen molar-refractivity contribution in [2.24, 2.45) is 0 Å². The van der Waals surface area contributed by atoms with Gasteiger partial charge in [0.1, 0.15) is 0 Å². The van der Waals surface area contributed by atoms with Gasteiger partial charge >= 0.3 is 5.97 Å². The molecule has 26 heavy (non-hydrogen) atoms. The number of halogens is 1. The number of carbonyl (C=O) groups is 2. The van der Waals surface area contributed by atoms with Crippen LogP contribution in [0.25, 0.3) is 0 Å². The number of non-ortho nitro benzene ring substituents is 1. The fourth-order valence-electron chi connectivity index (χ4n) is 2.03. The normalized spacial score (nSPS) is 10.1. The van der Waals surface area contributed by atoms with E-state index in [1.807, 2.05) is 25.1 Å². The Morgan fingerprint density at radius 2 is 1.96 bits per heavy atom. The van der Waals surface area contributed by atoms with Gasteiger partial charge < -0.3 is 15.0 Å². The molecule has 9 heteroatoms. The zero-order valence-electron chi connectivity index (χ0n) is 14.1. The molecule has 0 aromatic heterocycles. The van der Waals surface area contributed by atoms with Crippen molar-refractivity contribution < 1.29 is 19.2 Å². The maximum Gasteiger partial charge on any atom is 0.338 e. The lowest BCUT2D eigenvalue weighted by Gasteiger charge is -2.13. The average molecular weight is 378 g/mol. The minimum atomic E-state index is -0.640. The second-order valence-corrected chi connectivity index (χ2v) is 5.90. The van der Waals surface area contributed by atoms with Crippen molar-refractivity contribution in [3.05, 3.63) is 63.2 Å². The first-order valence-corrected chi connectivity index (χ1v) is 7.84. The highest BCUT2D eigenvalue weighted by Crippen LogP contribution is 2.26. The fraction of sp³-hybridized carbons (Fsp3) is 0.176. The minimum absolute atomic E-state index is 0.0116. The zero-order valence-corrected chi connectivity index (χ0v) is 14.8. The number of amides is 1. The summed E-state index contributed by atoms with van der Waals surface area (Å²) in [6.07, 6.45) is 0. The molecule has 1 N–H and O–H groups in total. The van der Waals surface area contributed by atoms with E-state index >= 15 is 0 Å². The number of nitro benzene ring substituents is 1. The largest absolute Gasteiger partial charge is 0.452 e. The van der Waals surface area contributed by atoms with Crippen molar-refractivity contribution in [3.63, 3.8) is 0 Å². The third-order valence-electron chi connectivity index (χ3n) is 3.37. The quantitative estimate of drug-likeness (QED) is 0.471. The van der Waals surface area contributed by atoms with Gasteiger partial charge in [0.2, 0.25) is 0 Å². The van der Waals surface area contributed by atoms with Crippen molar-refractivity contribution >= 4 is 40.5 Å². The molecule has 0 aliphatic rings. The smallest absolute Gasteiger partial charge is 0.338 e. The summed E-state index contributed by atoms with van der Waals surface area (Å²) in [6.45, 7) is -0.516. The number of nitrogens with one attached hydrogen (secondary N) is 1. The van der Waals surface area contributed by atoms with E-state index in [0.29, 0.717) is 5.56 Å². The maximum atomic E-state index is 12.0. The average Bonchev–Trinajstić information content (AvgIpc) is 2.61. The molecular weight excluding hydrogens is 362 g/mol. The van der Waals surface area contributed by atoms with E-state index in [2.05, 4.69) is 5.32 Å². The molecule has 1 amide bonds. The summed E-state index contributed by atoms with van der Waals surface area (Å²) in [5.41, 5.74) is 1.13. The maximum absolute atomic E-state index is 12.0. The Bertz CT molecular complexity index is 854. The molecule has 0 saturated carbocycles. The van der Waals surface area contributed by atoms with Gasteiger partial charge in [0.25, 0.3) is 11.6 Å². The summed E-state index contributed by atoms with van der Waals surface area (Å²) < 4.78 is 4.98. The summed E-state index contributed by atoms with van der Waals surface area (Å²) >= 11 is 5.89. The van der Waals surface area contributed by atoms with Crippen LogP contribution in [-0.4, -0.2) is 37.5 Å². The van der Waals surface area contributed by atoms with Crippen LogP contribution in [0.1, 0.15) is 10.4 Å². The predicted octanol–water partition coefficient (Wildman–Crippen LogP) is 3.11. The molecule has 0 unspecified atom stereocenters. The van der Waals surface area contributed by atoms with E-state index in [-0.39, 0.29) is 16.4 Å². The summed E-state index contributed by atoms with van der Waals surface area (Å²) in [4.78, 5) is 35.8. The molecule has 2 aromatic rings. The first-order chi connectivity index (χ1) is 12.3. The lowest BCUT2D eigenvalue weighted by molar-refractivity contribution is -0.384. The highest BCUT2D eigenvalue weighted by atomic mass is 35.5. The van der Waals surface area contributed by atoms with Crippen LogP contribution in [0.3, 0.4) is 0 Å². The van der Waals surface area contributed by atoms with Crippen LogP contribution in [0.4, 0.5) is 17.1 Å². The van der Waals surface area contributed by atoms with Crippen molar-refractivity contribution in [2.45, 2.75) is 0 Å². The van der Waals surface area contributed by atoms with E-state index < -0.39 is 23.4 Å². The van der Waals surface area contributed by atoms with Crippen molar-refractivity contribution in [2.75, 3.05) is 30.9 Å². The lowest BCUT2D eigenvalue weighted by atomic mass is 10.2. The number of rotatable bonds is 6. The number of anilines is 2. The van der Waals surface area contributed by atoms with Crippen LogP contribution in [0.2, 0.25) is 5.02 Å². The van der Waals surface area contributed by atoms with Crippen LogP contribution in [0.15, 0.2) is 42.5 Å². The first kappa shape index (κ1) is 19.2. The molecular formula is C17H16ClN3O5. The molecule has 0 aliphatic heterocycles. The third kappa shape index (κ3) is 4.93. The zero-order chi connectivity index (χ0) is 19.3. The first-order valence-electron chi connectivity index (χ1n) is 7.46. The Hall–Kier alpha value is -3.13. The molecule has 2 aromatic carbocycles. The van der Waals surface area contributed by atoms with Gasteiger partial charge in [-0.3, -0.25) is 14.9 Å². The van der Waals surface area contributed by atoms with E-state index in [4.69, 9.17) is 16.3 Å². The molecule has 2 rings (SSSR count). The number of esters is 1. The standard InChI is InChI=1S/C17H16ClN3O5/c1-20(2)12-5-3-4-11(8-12)17(23)26-10-16(22)19-15-7-6-13(21(24)25)9-14(15)18/h3-9H,10H2,1-2H3,(H,19,22). The van der Waals surface area contributed by atoms with Crippen LogP contribution in [0.5, 0.6) is 0 Å². The minimum Gasteiger partial charge on any atom is -0.452 e. The van der Waals surface area contributed by atoms with E-state index in [1.165, 1.54) is 12.1 Å². The topological polar surface area (TPSA) is 102 Å². The number of hydrogen-bond donors (Lipinski definition) is 1. The number of nitrogens with zero attached hydrogens (tertiary/aromatic N) is 2. The Morgan fingerprint density at radius 3 is 2.58 bits per heavy atom. The molecule has 0 fully saturated rings. The Kier molecular flexibility index (Phi) is 6.13. The summed E-state index contributed by atoms with van der Waals surface area (Å²) in [5.74, 6) is -1.25. The molecule has 136 valence electrons. The van der Waals surface area contributed by atoms with E-state index in [0.717, 1.165) is 11.8 Å². The number of benzene rings is 2. The lowest BCUT2D eigenvalue weighted by Crippen LogP contribution is -2.21. The molecule has 0 radical (unpaired) electrons.